The van der Waals surface area contributed by atoms with Gasteiger partial charge in [0.05, 0.1) is 18.1 Å². The number of ether oxygens (including phenoxy) is 1. The lowest BCUT2D eigenvalue weighted by molar-refractivity contribution is 0.0376. The van der Waals surface area contributed by atoms with E-state index < -0.39 is 10.0 Å². The molecular weight excluding hydrogens is 380 g/mol. The third kappa shape index (κ3) is 5.83. The predicted molar refractivity (Wildman–Crippen MR) is 106 cm³/mol. The molecule has 0 saturated carbocycles. The molecule has 9 heteroatoms. The number of anilines is 1. The molecule has 3 rings (SSSR count). The zero-order chi connectivity index (χ0) is 19.8. The maximum Gasteiger partial charge on any atom is 0.274 e. The van der Waals surface area contributed by atoms with E-state index in [1.807, 2.05) is 0 Å². The number of morpholine rings is 1. The number of nitrogens with one attached hydrogen (secondary N) is 2. The molecule has 1 saturated heterocycles. The molecule has 0 spiro atoms. The lowest BCUT2D eigenvalue weighted by atomic mass is 10.3. The number of hydrogen-bond acceptors (Lipinski definition) is 6. The van der Waals surface area contributed by atoms with Gasteiger partial charge in [-0.1, -0.05) is 6.07 Å². The standard InChI is InChI=1S/C19H24N4O4S/c24-19(18-4-1-2-9-20-18)22-16-5-7-17(8-6-16)28(25,26)21-10-3-11-23-12-14-27-15-13-23/h1-2,4-9,21H,3,10-15H2,(H,22,24). The van der Waals surface area contributed by atoms with Crippen molar-refractivity contribution in [2.75, 3.05) is 44.7 Å². The molecule has 1 fully saturated rings. The molecule has 150 valence electrons. The minimum atomic E-state index is -3.58. The average Bonchev–Trinajstić information content (AvgIpc) is 2.73. The predicted octanol–water partition coefficient (Wildman–Crippen LogP) is 1.33. The van der Waals surface area contributed by atoms with Crippen molar-refractivity contribution in [1.82, 2.24) is 14.6 Å². The number of sulfonamides is 1. The second-order valence-electron chi connectivity index (χ2n) is 6.40. The van der Waals surface area contributed by atoms with Gasteiger partial charge in [0.25, 0.3) is 5.91 Å². The third-order valence-electron chi connectivity index (χ3n) is 4.37. The van der Waals surface area contributed by atoms with Crippen LogP contribution in [0.4, 0.5) is 5.69 Å². The Morgan fingerprint density at radius 3 is 2.54 bits per heavy atom. The van der Waals surface area contributed by atoms with Crippen LogP contribution in [0.3, 0.4) is 0 Å². The Morgan fingerprint density at radius 2 is 1.86 bits per heavy atom. The fourth-order valence-electron chi connectivity index (χ4n) is 2.83. The van der Waals surface area contributed by atoms with E-state index in [4.69, 9.17) is 4.74 Å². The number of amides is 1. The molecule has 28 heavy (non-hydrogen) atoms. The minimum absolute atomic E-state index is 0.162. The second-order valence-corrected chi connectivity index (χ2v) is 8.17. The summed E-state index contributed by atoms with van der Waals surface area (Å²) in [6, 6.07) is 11.1. The van der Waals surface area contributed by atoms with E-state index in [-0.39, 0.29) is 10.8 Å². The SMILES string of the molecule is O=C(Nc1ccc(S(=O)(=O)NCCCN2CCOCC2)cc1)c1ccccn1. The normalized spacial score (nSPS) is 15.3. The first-order chi connectivity index (χ1) is 13.5. The number of benzene rings is 1. The summed E-state index contributed by atoms with van der Waals surface area (Å²) in [4.78, 5) is 18.5. The molecule has 1 aromatic carbocycles. The first-order valence-corrected chi connectivity index (χ1v) is 10.7. The molecule has 1 aliphatic rings. The third-order valence-corrected chi connectivity index (χ3v) is 5.84. The van der Waals surface area contributed by atoms with Gasteiger partial charge in [0, 0.05) is 31.5 Å². The van der Waals surface area contributed by atoms with Crippen molar-refractivity contribution in [3.63, 3.8) is 0 Å². The second kappa shape index (κ2) is 9.74. The van der Waals surface area contributed by atoms with Crippen LogP contribution in [0.1, 0.15) is 16.9 Å². The van der Waals surface area contributed by atoms with Gasteiger partial charge >= 0.3 is 0 Å². The lowest BCUT2D eigenvalue weighted by Crippen LogP contribution is -2.38. The zero-order valence-corrected chi connectivity index (χ0v) is 16.3. The van der Waals surface area contributed by atoms with Gasteiger partial charge in [-0.15, -0.1) is 0 Å². The Bertz CT molecular complexity index is 867. The van der Waals surface area contributed by atoms with Crippen molar-refractivity contribution in [3.05, 3.63) is 54.4 Å². The van der Waals surface area contributed by atoms with Crippen molar-refractivity contribution in [2.45, 2.75) is 11.3 Å². The van der Waals surface area contributed by atoms with Crippen molar-refractivity contribution in [1.29, 1.82) is 0 Å². The van der Waals surface area contributed by atoms with Gasteiger partial charge in [0.15, 0.2) is 0 Å². The highest BCUT2D eigenvalue weighted by molar-refractivity contribution is 7.89. The van der Waals surface area contributed by atoms with E-state index >= 15 is 0 Å². The fourth-order valence-corrected chi connectivity index (χ4v) is 3.90. The number of nitrogens with zero attached hydrogens (tertiary/aromatic N) is 2. The smallest absolute Gasteiger partial charge is 0.274 e. The van der Waals surface area contributed by atoms with Crippen molar-refractivity contribution >= 4 is 21.6 Å². The van der Waals surface area contributed by atoms with Crippen LogP contribution in [0.15, 0.2) is 53.6 Å². The summed E-state index contributed by atoms with van der Waals surface area (Å²) >= 11 is 0. The number of hydrogen-bond donors (Lipinski definition) is 2. The van der Waals surface area contributed by atoms with Crippen molar-refractivity contribution < 1.29 is 17.9 Å². The Balaban J connectivity index is 1.49. The van der Waals surface area contributed by atoms with Gasteiger partial charge in [-0.2, -0.15) is 0 Å². The Kier molecular flexibility index (Phi) is 7.10. The van der Waals surface area contributed by atoms with Gasteiger partial charge < -0.3 is 10.1 Å². The van der Waals surface area contributed by atoms with Gasteiger partial charge in [0.1, 0.15) is 5.69 Å². The molecule has 1 aliphatic heterocycles. The highest BCUT2D eigenvalue weighted by Gasteiger charge is 2.15. The van der Waals surface area contributed by atoms with Crippen LogP contribution in [-0.4, -0.2) is 63.6 Å². The first-order valence-electron chi connectivity index (χ1n) is 9.17. The maximum atomic E-state index is 12.4. The molecule has 0 atom stereocenters. The Morgan fingerprint density at radius 1 is 1.11 bits per heavy atom. The molecule has 2 N–H and O–H groups in total. The molecule has 2 heterocycles. The van der Waals surface area contributed by atoms with E-state index in [1.165, 1.54) is 18.3 Å². The van der Waals surface area contributed by atoms with E-state index in [9.17, 15) is 13.2 Å². The quantitative estimate of drug-likeness (QED) is 0.644. The average molecular weight is 404 g/mol. The minimum Gasteiger partial charge on any atom is -0.379 e. The largest absolute Gasteiger partial charge is 0.379 e. The van der Waals surface area contributed by atoms with Gasteiger partial charge in [-0.25, -0.2) is 13.1 Å². The van der Waals surface area contributed by atoms with E-state index in [0.29, 0.717) is 17.9 Å². The number of pyridine rings is 1. The van der Waals surface area contributed by atoms with Gasteiger partial charge in [-0.3, -0.25) is 14.7 Å². The summed E-state index contributed by atoms with van der Waals surface area (Å²) in [5.41, 5.74) is 0.794. The van der Waals surface area contributed by atoms with Crippen LogP contribution in [0.5, 0.6) is 0 Å². The molecule has 0 aliphatic carbocycles. The molecule has 1 aromatic heterocycles. The van der Waals surface area contributed by atoms with Crippen LogP contribution < -0.4 is 10.0 Å². The van der Waals surface area contributed by atoms with Crippen molar-refractivity contribution in [2.24, 2.45) is 0 Å². The summed E-state index contributed by atoms with van der Waals surface area (Å²) in [7, 11) is -3.58. The number of carbonyl (C=O) groups is 1. The highest BCUT2D eigenvalue weighted by atomic mass is 32.2. The molecular formula is C19H24N4O4S. The number of carbonyl (C=O) groups excluding carboxylic acids is 1. The molecule has 8 nitrogen and oxygen atoms in total. The Hall–Kier alpha value is -2.33. The number of aromatic nitrogens is 1. The maximum absolute atomic E-state index is 12.4. The molecule has 0 unspecified atom stereocenters. The van der Waals surface area contributed by atoms with Crippen LogP contribution in [-0.2, 0) is 14.8 Å². The molecule has 0 bridgehead atoms. The fraction of sp³-hybridized carbons (Fsp3) is 0.368. The molecule has 0 radical (unpaired) electrons. The summed E-state index contributed by atoms with van der Waals surface area (Å²) in [5.74, 6) is -0.350. The Labute approximate surface area is 165 Å². The zero-order valence-electron chi connectivity index (χ0n) is 15.5. The lowest BCUT2D eigenvalue weighted by Gasteiger charge is -2.26. The van der Waals surface area contributed by atoms with Crippen LogP contribution in [0, 0.1) is 0 Å². The monoisotopic (exact) mass is 404 g/mol. The van der Waals surface area contributed by atoms with E-state index in [0.717, 1.165) is 39.3 Å². The van der Waals surface area contributed by atoms with Crippen LogP contribution in [0.25, 0.3) is 0 Å². The summed E-state index contributed by atoms with van der Waals surface area (Å²) in [5, 5.41) is 2.69. The van der Waals surface area contributed by atoms with Gasteiger partial charge in [0.2, 0.25) is 10.0 Å². The van der Waals surface area contributed by atoms with Crippen molar-refractivity contribution in [3.8, 4) is 0 Å². The van der Waals surface area contributed by atoms with Crippen LogP contribution in [0.2, 0.25) is 0 Å². The highest BCUT2D eigenvalue weighted by Crippen LogP contribution is 2.15. The summed E-state index contributed by atoms with van der Waals surface area (Å²) in [6.07, 6.45) is 2.27. The van der Waals surface area contributed by atoms with Crippen LogP contribution >= 0.6 is 0 Å². The molecule has 1 amide bonds. The number of rotatable bonds is 8. The first kappa shape index (κ1) is 20.4. The van der Waals surface area contributed by atoms with E-state index in [1.54, 1.807) is 30.3 Å². The summed E-state index contributed by atoms with van der Waals surface area (Å²) < 4.78 is 32.7. The molecule has 2 aromatic rings. The topological polar surface area (TPSA) is 101 Å². The summed E-state index contributed by atoms with van der Waals surface area (Å²) in [6.45, 7) is 4.45. The van der Waals surface area contributed by atoms with Gasteiger partial charge in [-0.05, 0) is 49.4 Å². The van der Waals surface area contributed by atoms with E-state index in [2.05, 4.69) is 19.9 Å².